The van der Waals surface area contributed by atoms with Crippen LogP contribution in [0, 0.1) is 18.3 Å². The van der Waals surface area contributed by atoms with Crippen LogP contribution in [0.25, 0.3) is 0 Å². The van der Waals surface area contributed by atoms with Crippen LogP contribution < -0.4 is 10.6 Å². The maximum Gasteiger partial charge on any atom is 0.251 e. The highest BCUT2D eigenvalue weighted by Gasteiger charge is 2.40. The van der Waals surface area contributed by atoms with Crippen LogP contribution in [0.4, 0.5) is 0 Å². The molecule has 3 rings (SSSR count). The van der Waals surface area contributed by atoms with Gasteiger partial charge < -0.3 is 10.6 Å². The van der Waals surface area contributed by atoms with Crippen LogP contribution in [-0.2, 0) is 11.3 Å². The third kappa shape index (κ3) is 4.95. The molecule has 1 heterocycles. The molecule has 1 saturated heterocycles. The number of nitrogens with one attached hydrogen (secondary N) is 3. The number of hydrogen-bond donors (Lipinski definition) is 3. The fourth-order valence-electron chi connectivity index (χ4n) is 3.69. The van der Waals surface area contributed by atoms with Crippen molar-refractivity contribution in [1.29, 1.82) is 5.41 Å². The predicted molar refractivity (Wildman–Crippen MR) is 123 cm³/mol. The Hall–Kier alpha value is -3.15. The lowest BCUT2D eigenvalue weighted by molar-refractivity contribution is -0.131. The van der Waals surface area contributed by atoms with Crippen molar-refractivity contribution < 1.29 is 9.59 Å². The summed E-state index contributed by atoms with van der Waals surface area (Å²) in [6, 6.07) is 15.2. The van der Waals surface area contributed by atoms with Gasteiger partial charge in [0.15, 0.2) is 5.96 Å². The number of aryl methyl sites for hydroxylation is 1. The molecule has 2 amide bonds. The molecular weight excluding hydrogens is 388 g/mol. The maximum absolute atomic E-state index is 12.8. The molecule has 0 unspecified atom stereocenters. The molecular formula is C25H32N4O2. The molecule has 6 heteroatoms. The van der Waals surface area contributed by atoms with E-state index in [4.69, 9.17) is 5.41 Å². The summed E-state index contributed by atoms with van der Waals surface area (Å²) in [5.41, 5.74) is 2.99. The summed E-state index contributed by atoms with van der Waals surface area (Å²) < 4.78 is 0. The first-order chi connectivity index (χ1) is 14.6. The lowest BCUT2D eigenvalue weighted by Crippen LogP contribution is -2.62. The van der Waals surface area contributed by atoms with Gasteiger partial charge in [-0.15, -0.1) is 0 Å². The number of guanidine groups is 1. The van der Waals surface area contributed by atoms with E-state index in [2.05, 4.69) is 10.6 Å². The van der Waals surface area contributed by atoms with Gasteiger partial charge in [0.05, 0.1) is 19.0 Å². The summed E-state index contributed by atoms with van der Waals surface area (Å²) in [6.07, 6.45) is 0.334. The molecule has 0 bridgehead atoms. The number of benzene rings is 2. The smallest absolute Gasteiger partial charge is 0.251 e. The van der Waals surface area contributed by atoms with Crippen LogP contribution in [0.2, 0.25) is 0 Å². The minimum Gasteiger partial charge on any atom is -0.350 e. The Morgan fingerprint density at radius 3 is 2.48 bits per heavy atom. The van der Waals surface area contributed by atoms with Crippen molar-refractivity contribution in [2.75, 3.05) is 0 Å². The lowest BCUT2D eigenvalue weighted by Gasteiger charge is -2.43. The van der Waals surface area contributed by atoms with Crippen molar-refractivity contribution in [3.8, 4) is 0 Å². The van der Waals surface area contributed by atoms with Gasteiger partial charge in [-0.25, -0.2) is 0 Å². The normalized spacial score (nSPS) is 19.9. The average molecular weight is 421 g/mol. The number of hydrogen-bond acceptors (Lipinski definition) is 3. The summed E-state index contributed by atoms with van der Waals surface area (Å²) in [5, 5.41) is 14.6. The maximum atomic E-state index is 12.8. The van der Waals surface area contributed by atoms with Crippen LogP contribution in [-0.4, -0.2) is 28.2 Å². The summed E-state index contributed by atoms with van der Waals surface area (Å²) >= 11 is 0. The molecule has 164 valence electrons. The standard InChI is InChI=1S/C25H32N4O2/c1-16(2)25(5)14-22(30)29(24(26)28-25)15-21-13-20(12-11-17(21)3)23(31)27-18(4)19-9-7-6-8-10-19/h6-13,16,18H,14-15H2,1-5H3,(H2,26,28)(H,27,31)/t18-,25-/m0/s1. The van der Waals surface area contributed by atoms with E-state index >= 15 is 0 Å². The molecule has 1 fully saturated rings. The van der Waals surface area contributed by atoms with Crippen molar-refractivity contribution in [1.82, 2.24) is 15.5 Å². The third-order valence-electron chi connectivity index (χ3n) is 6.35. The Balaban J connectivity index is 1.75. The highest BCUT2D eigenvalue weighted by molar-refractivity contribution is 5.99. The Morgan fingerprint density at radius 2 is 1.87 bits per heavy atom. The number of carbonyl (C=O) groups excluding carboxylic acids is 2. The van der Waals surface area contributed by atoms with Crippen molar-refractivity contribution in [3.05, 3.63) is 70.8 Å². The monoisotopic (exact) mass is 420 g/mol. The Kier molecular flexibility index (Phi) is 6.48. The van der Waals surface area contributed by atoms with E-state index in [0.29, 0.717) is 12.0 Å². The Labute approximate surface area is 184 Å². The molecule has 2 aromatic rings. The number of rotatable bonds is 6. The van der Waals surface area contributed by atoms with Crippen molar-refractivity contribution in [3.63, 3.8) is 0 Å². The molecule has 1 aliphatic heterocycles. The first-order valence-corrected chi connectivity index (χ1v) is 10.7. The van der Waals surface area contributed by atoms with Crippen LogP contribution in [0.3, 0.4) is 0 Å². The van der Waals surface area contributed by atoms with Gasteiger partial charge in [-0.2, -0.15) is 0 Å². The van der Waals surface area contributed by atoms with Gasteiger partial charge in [0.1, 0.15) is 0 Å². The Bertz CT molecular complexity index is 966. The molecule has 1 aliphatic rings. The molecule has 0 aromatic heterocycles. The molecule has 0 aliphatic carbocycles. The van der Waals surface area contributed by atoms with Gasteiger partial charge in [-0.1, -0.05) is 50.2 Å². The molecule has 6 nitrogen and oxygen atoms in total. The minimum absolute atomic E-state index is 0.0769. The molecule has 0 radical (unpaired) electrons. The molecule has 3 N–H and O–H groups in total. The van der Waals surface area contributed by atoms with Crippen LogP contribution in [0.5, 0.6) is 0 Å². The molecule has 0 spiro atoms. The second-order valence-corrected chi connectivity index (χ2v) is 8.95. The molecule has 31 heavy (non-hydrogen) atoms. The van der Waals surface area contributed by atoms with Gasteiger partial charge >= 0.3 is 0 Å². The highest BCUT2D eigenvalue weighted by atomic mass is 16.2. The largest absolute Gasteiger partial charge is 0.350 e. The van der Waals surface area contributed by atoms with Crippen molar-refractivity contribution in [2.24, 2.45) is 5.92 Å². The predicted octanol–water partition coefficient (Wildman–Crippen LogP) is 4.16. The van der Waals surface area contributed by atoms with Gasteiger partial charge in [-0.05, 0) is 55.5 Å². The fourth-order valence-corrected chi connectivity index (χ4v) is 3.69. The first-order valence-electron chi connectivity index (χ1n) is 10.7. The first kappa shape index (κ1) is 22.5. The van der Waals surface area contributed by atoms with E-state index in [-0.39, 0.29) is 36.3 Å². The average Bonchev–Trinajstić information content (AvgIpc) is 2.72. The number of nitrogens with zero attached hydrogens (tertiary/aromatic N) is 1. The van der Waals surface area contributed by atoms with E-state index in [1.807, 2.05) is 77.1 Å². The minimum atomic E-state index is -0.422. The SMILES string of the molecule is Cc1ccc(C(=O)N[C@@H](C)c2ccccc2)cc1CN1C(=N)N[C@](C)(C(C)C)CC1=O. The van der Waals surface area contributed by atoms with E-state index in [9.17, 15) is 9.59 Å². The van der Waals surface area contributed by atoms with Gasteiger partial charge in [0.25, 0.3) is 5.91 Å². The molecule has 2 atom stereocenters. The summed E-state index contributed by atoms with van der Waals surface area (Å²) in [7, 11) is 0. The second-order valence-electron chi connectivity index (χ2n) is 8.95. The molecule has 0 saturated carbocycles. The lowest BCUT2D eigenvalue weighted by atomic mass is 9.83. The number of amides is 2. The zero-order valence-electron chi connectivity index (χ0n) is 19.0. The van der Waals surface area contributed by atoms with Gasteiger partial charge in [0.2, 0.25) is 5.91 Å². The third-order valence-corrected chi connectivity index (χ3v) is 6.35. The second kappa shape index (κ2) is 8.92. The van der Waals surface area contributed by atoms with Crippen molar-refractivity contribution >= 4 is 17.8 Å². The highest BCUT2D eigenvalue weighted by Crippen LogP contribution is 2.27. The fraction of sp³-hybridized carbons (Fsp3) is 0.400. The molecule has 2 aromatic carbocycles. The van der Waals surface area contributed by atoms with Gasteiger partial charge in [-0.3, -0.25) is 19.9 Å². The van der Waals surface area contributed by atoms with E-state index in [0.717, 1.165) is 16.7 Å². The van der Waals surface area contributed by atoms with E-state index in [1.54, 1.807) is 6.07 Å². The van der Waals surface area contributed by atoms with Crippen molar-refractivity contribution in [2.45, 2.75) is 59.2 Å². The topological polar surface area (TPSA) is 85.3 Å². The van der Waals surface area contributed by atoms with E-state index in [1.165, 1.54) is 4.90 Å². The summed E-state index contributed by atoms with van der Waals surface area (Å²) in [6.45, 7) is 10.2. The zero-order chi connectivity index (χ0) is 22.8. The number of carbonyl (C=O) groups is 2. The Morgan fingerprint density at radius 1 is 1.19 bits per heavy atom. The quantitative estimate of drug-likeness (QED) is 0.656. The van der Waals surface area contributed by atoms with Crippen LogP contribution >= 0.6 is 0 Å². The van der Waals surface area contributed by atoms with Gasteiger partial charge in [0, 0.05) is 11.1 Å². The van der Waals surface area contributed by atoms with Crippen LogP contribution in [0.1, 0.15) is 67.2 Å². The summed E-state index contributed by atoms with van der Waals surface area (Å²) in [4.78, 5) is 27.1. The zero-order valence-corrected chi connectivity index (χ0v) is 19.0. The summed E-state index contributed by atoms with van der Waals surface area (Å²) in [5.74, 6) is 0.0915. The van der Waals surface area contributed by atoms with Crippen LogP contribution in [0.15, 0.2) is 48.5 Å². The van der Waals surface area contributed by atoms with E-state index < -0.39 is 5.54 Å².